The molecule has 0 aliphatic heterocycles. The summed E-state index contributed by atoms with van der Waals surface area (Å²) in [7, 11) is 0. The number of amides is 1. The quantitative estimate of drug-likeness (QED) is 0.605. The van der Waals surface area contributed by atoms with Crippen molar-refractivity contribution in [2.75, 3.05) is 0 Å². The van der Waals surface area contributed by atoms with Gasteiger partial charge < -0.3 is 0 Å². The average Bonchev–Trinajstić information content (AvgIpc) is 1.81. The Bertz CT molecular complexity index is 215. The number of hydrogen-bond acceptors (Lipinski definition) is 2. The summed E-state index contributed by atoms with van der Waals surface area (Å²) < 4.78 is 34.6. The number of carbonyl (C=O) groups is 1. The number of nitrogens with one attached hydrogen (secondary N) is 1. The Morgan fingerprint density at radius 3 is 2.33 bits per heavy atom. The molecule has 1 saturated carbocycles. The number of rotatable bonds is 1. The molecule has 3 nitrogen and oxygen atoms in total. The first-order valence-electron chi connectivity index (χ1n) is 3.43. The van der Waals surface area contributed by atoms with Crippen molar-refractivity contribution in [3.8, 4) is 0 Å². The first kappa shape index (κ1) is 9.02. The number of hydrazone groups is 1. The zero-order valence-electron chi connectivity index (χ0n) is 6.11. The predicted octanol–water partition coefficient (Wildman–Crippen LogP) is 1.20. The van der Waals surface area contributed by atoms with Crippen molar-refractivity contribution in [3.63, 3.8) is 0 Å². The molecule has 1 amide bonds. The molecule has 12 heavy (non-hydrogen) atoms. The fraction of sp³-hybridized carbons (Fsp3) is 0.667. The smallest absolute Gasteiger partial charge is 0.263 e. The lowest BCUT2D eigenvalue weighted by Gasteiger charge is -2.14. The summed E-state index contributed by atoms with van der Waals surface area (Å²) in [5.41, 5.74) is 2.07. The van der Waals surface area contributed by atoms with Crippen molar-refractivity contribution >= 4 is 11.6 Å². The van der Waals surface area contributed by atoms with Crippen LogP contribution in [-0.4, -0.2) is 17.8 Å². The molecule has 1 fully saturated rings. The van der Waals surface area contributed by atoms with E-state index < -0.39 is 12.1 Å². The van der Waals surface area contributed by atoms with Crippen molar-refractivity contribution in [1.29, 1.82) is 0 Å². The van der Waals surface area contributed by atoms with Crippen LogP contribution in [-0.2, 0) is 4.79 Å². The van der Waals surface area contributed by atoms with Crippen LogP contribution >= 0.6 is 0 Å². The summed E-state index contributed by atoms with van der Waals surface area (Å²) in [6, 6.07) is 0. The van der Waals surface area contributed by atoms with Crippen LogP contribution in [0.15, 0.2) is 5.10 Å². The lowest BCUT2D eigenvalue weighted by Crippen LogP contribution is -2.34. The molecule has 1 N–H and O–H groups in total. The highest BCUT2D eigenvalue weighted by atomic mass is 19.4. The molecule has 0 aromatic heterocycles. The van der Waals surface area contributed by atoms with Gasteiger partial charge in [0.25, 0.3) is 0 Å². The molecule has 1 aliphatic rings. The van der Waals surface area contributed by atoms with Gasteiger partial charge in [-0.2, -0.15) is 18.3 Å². The third kappa shape index (κ3) is 2.21. The molecular weight excluding hydrogens is 173 g/mol. The monoisotopic (exact) mass is 180 g/mol. The van der Waals surface area contributed by atoms with Crippen LogP contribution < -0.4 is 5.43 Å². The van der Waals surface area contributed by atoms with Crippen LogP contribution in [0.5, 0.6) is 0 Å². The van der Waals surface area contributed by atoms with Crippen LogP contribution in [0.3, 0.4) is 0 Å². The second-order valence-electron chi connectivity index (χ2n) is 2.47. The SMILES string of the molecule is O=C(NN=C1CCC1)C(F)(F)F. The zero-order chi connectivity index (χ0) is 9.19. The van der Waals surface area contributed by atoms with Gasteiger partial charge in [-0.1, -0.05) is 0 Å². The third-order valence-electron chi connectivity index (χ3n) is 1.50. The molecule has 0 atom stereocenters. The van der Waals surface area contributed by atoms with E-state index in [4.69, 9.17) is 0 Å². The summed E-state index contributed by atoms with van der Waals surface area (Å²) in [4.78, 5) is 10.2. The van der Waals surface area contributed by atoms with E-state index in [1.807, 2.05) is 0 Å². The molecule has 0 radical (unpaired) electrons. The van der Waals surface area contributed by atoms with Gasteiger partial charge in [-0.15, -0.1) is 0 Å². The van der Waals surface area contributed by atoms with Gasteiger partial charge in [0, 0.05) is 5.71 Å². The van der Waals surface area contributed by atoms with Gasteiger partial charge in [-0.25, -0.2) is 5.43 Å². The van der Waals surface area contributed by atoms with E-state index >= 15 is 0 Å². The minimum absolute atomic E-state index is 0.618. The molecule has 0 unspecified atom stereocenters. The molecule has 0 aromatic carbocycles. The van der Waals surface area contributed by atoms with Gasteiger partial charge in [0.05, 0.1) is 0 Å². The summed E-state index contributed by atoms with van der Waals surface area (Å²) in [5, 5.41) is 3.29. The fourth-order valence-electron chi connectivity index (χ4n) is 0.640. The second kappa shape index (κ2) is 3.12. The Labute approximate surface area is 66.6 Å². The molecule has 0 heterocycles. The summed E-state index contributed by atoms with van der Waals surface area (Å²) in [6.07, 6.45) is -2.55. The van der Waals surface area contributed by atoms with Gasteiger partial charge in [0.15, 0.2) is 0 Å². The highest BCUT2D eigenvalue weighted by Gasteiger charge is 2.38. The maximum Gasteiger partial charge on any atom is 0.473 e. The molecule has 6 heteroatoms. The van der Waals surface area contributed by atoms with E-state index in [0.29, 0.717) is 18.6 Å². The Kier molecular flexibility index (Phi) is 2.35. The molecule has 0 bridgehead atoms. The lowest BCUT2D eigenvalue weighted by molar-refractivity contribution is -0.173. The Balaban J connectivity index is 2.36. The van der Waals surface area contributed by atoms with E-state index in [1.54, 1.807) is 0 Å². The van der Waals surface area contributed by atoms with Crippen LogP contribution in [0, 0.1) is 0 Å². The van der Waals surface area contributed by atoms with Crippen molar-refractivity contribution in [2.45, 2.75) is 25.4 Å². The third-order valence-corrected chi connectivity index (χ3v) is 1.50. The van der Waals surface area contributed by atoms with Crippen molar-refractivity contribution in [1.82, 2.24) is 5.43 Å². The minimum Gasteiger partial charge on any atom is -0.263 e. The molecule has 1 aliphatic carbocycles. The fourth-order valence-corrected chi connectivity index (χ4v) is 0.640. The summed E-state index contributed by atoms with van der Waals surface area (Å²) in [6.45, 7) is 0. The van der Waals surface area contributed by atoms with Crippen LogP contribution in [0.2, 0.25) is 0 Å². The van der Waals surface area contributed by atoms with Crippen molar-refractivity contribution in [3.05, 3.63) is 0 Å². The molecule has 68 valence electrons. The number of hydrogen-bond donors (Lipinski definition) is 1. The second-order valence-corrected chi connectivity index (χ2v) is 2.47. The van der Waals surface area contributed by atoms with E-state index in [0.717, 1.165) is 6.42 Å². The van der Waals surface area contributed by atoms with Crippen LogP contribution in [0.1, 0.15) is 19.3 Å². The van der Waals surface area contributed by atoms with Crippen LogP contribution in [0.4, 0.5) is 13.2 Å². The minimum atomic E-state index is -4.84. The number of halogens is 3. The van der Waals surface area contributed by atoms with E-state index in [9.17, 15) is 18.0 Å². The van der Waals surface area contributed by atoms with Gasteiger partial charge in [0.1, 0.15) is 0 Å². The average molecular weight is 180 g/mol. The first-order valence-corrected chi connectivity index (χ1v) is 3.43. The topological polar surface area (TPSA) is 41.5 Å². The molecule has 1 rings (SSSR count). The Hall–Kier alpha value is -1.07. The van der Waals surface area contributed by atoms with Crippen LogP contribution in [0.25, 0.3) is 0 Å². The Morgan fingerprint density at radius 2 is 2.00 bits per heavy atom. The number of nitrogens with zero attached hydrogens (tertiary/aromatic N) is 1. The molecular formula is C6H7F3N2O. The summed E-state index contributed by atoms with van der Waals surface area (Å²) in [5.74, 6) is -2.01. The van der Waals surface area contributed by atoms with Crippen molar-refractivity contribution in [2.24, 2.45) is 5.10 Å². The maximum atomic E-state index is 11.5. The van der Waals surface area contributed by atoms with E-state index in [2.05, 4.69) is 5.10 Å². The maximum absolute atomic E-state index is 11.5. The first-order chi connectivity index (χ1) is 5.50. The normalized spacial score (nSPS) is 16.8. The molecule has 0 spiro atoms. The molecule has 0 aromatic rings. The number of alkyl halides is 3. The zero-order valence-corrected chi connectivity index (χ0v) is 6.11. The van der Waals surface area contributed by atoms with Gasteiger partial charge in [-0.3, -0.25) is 4.79 Å². The predicted molar refractivity (Wildman–Crippen MR) is 35.5 cm³/mol. The highest BCUT2D eigenvalue weighted by Crippen LogP contribution is 2.16. The standard InChI is InChI=1S/C6H7F3N2O/c7-6(8,9)5(12)11-10-4-2-1-3-4/h1-3H2,(H,11,12). The van der Waals surface area contributed by atoms with Crippen molar-refractivity contribution < 1.29 is 18.0 Å². The largest absolute Gasteiger partial charge is 0.473 e. The van der Waals surface area contributed by atoms with E-state index in [-0.39, 0.29) is 0 Å². The highest BCUT2D eigenvalue weighted by molar-refractivity contribution is 5.91. The van der Waals surface area contributed by atoms with Gasteiger partial charge >= 0.3 is 12.1 Å². The summed E-state index contributed by atoms with van der Waals surface area (Å²) >= 11 is 0. The van der Waals surface area contributed by atoms with Gasteiger partial charge in [0.2, 0.25) is 0 Å². The number of carbonyl (C=O) groups excluding carboxylic acids is 1. The molecule has 0 saturated heterocycles. The van der Waals surface area contributed by atoms with E-state index in [1.165, 1.54) is 5.43 Å². The lowest BCUT2D eigenvalue weighted by atomic mass is 9.98. The van der Waals surface area contributed by atoms with Gasteiger partial charge in [-0.05, 0) is 19.3 Å². The Morgan fingerprint density at radius 1 is 1.42 bits per heavy atom.